The van der Waals surface area contributed by atoms with Gasteiger partial charge in [-0.25, -0.2) is 4.79 Å². The number of esters is 1. The molecular formula is C20H17N3O4. The number of carbonyl (C=O) groups excluding carboxylic acids is 3. The first kappa shape index (κ1) is 18.2. The van der Waals surface area contributed by atoms with Gasteiger partial charge in [-0.2, -0.15) is 0 Å². The van der Waals surface area contributed by atoms with Crippen molar-refractivity contribution in [2.45, 2.75) is 20.0 Å². The van der Waals surface area contributed by atoms with Crippen molar-refractivity contribution in [1.29, 1.82) is 0 Å². The lowest BCUT2D eigenvalue weighted by molar-refractivity contribution is -0.123. The summed E-state index contributed by atoms with van der Waals surface area (Å²) in [6.45, 7) is 2.92. The van der Waals surface area contributed by atoms with Crippen molar-refractivity contribution in [2.75, 3.05) is 5.32 Å². The average Bonchev–Trinajstić information content (AvgIpc) is 2.67. The maximum Gasteiger partial charge on any atom is 0.338 e. The Labute approximate surface area is 155 Å². The maximum absolute atomic E-state index is 12.3. The van der Waals surface area contributed by atoms with Gasteiger partial charge in [0.2, 0.25) is 0 Å². The third-order valence-corrected chi connectivity index (χ3v) is 3.89. The van der Waals surface area contributed by atoms with Crippen LogP contribution in [0.15, 0.2) is 54.9 Å². The number of anilines is 1. The zero-order valence-electron chi connectivity index (χ0n) is 14.8. The number of nitrogens with zero attached hydrogens (tertiary/aromatic N) is 2. The second-order valence-electron chi connectivity index (χ2n) is 5.93. The van der Waals surface area contributed by atoms with Crippen LogP contribution in [0.4, 0.5) is 5.69 Å². The van der Waals surface area contributed by atoms with E-state index in [1.807, 2.05) is 0 Å². The standard InChI is InChI=1S/C20H17N3O4/c1-12(24)14-4-3-5-16(10-14)23-19(25)13(2)27-20(26)15-6-7-17-18(11-15)22-9-8-21-17/h3-11,13H,1-2H3,(H,23,25)/t13-/m1/s1. The monoisotopic (exact) mass is 363 g/mol. The third-order valence-electron chi connectivity index (χ3n) is 3.89. The third kappa shape index (κ3) is 4.33. The highest BCUT2D eigenvalue weighted by Crippen LogP contribution is 2.14. The molecule has 1 heterocycles. The normalized spacial score (nSPS) is 11.6. The number of hydrogen-bond donors (Lipinski definition) is 1. The summed E-state index contributed by atoms with van der Waals surface area (Å²) >= 11 is 0. The summed E-state index contributed by atoms with van der Waals surface area (Å²) < 4.78 is 5.23. The number of hydrogen-bond acceptors (Lipinski definition) is 6. The van der Waals surface area contributed by atoms with Crippen LogP contribution in [0.3, 0.4) is 0 Å². The summed E-state index contributed by atoms with van der Waals surface area (Å²) in [5.74, 6) is -1.24. The molecule has 1 amide bonds. The molecule has 0 bridgehead atoms. The highest BCUT2D eigenvalue weighted by Gasteiger charge is 2.19. The first-order chi connectivity index (χ1) is 12.9. The van der Waals surface area contributed by atoms with Crippen LogP contribution in [0.2, 0.25) is 0 Å². The number of ether oxygens (including phenoxy) is 1. The molecular weight excluding hydrogens is 346 g/mol. The van der Waals surface area contributed by atoms with Crippen molar-refractivity contribution in [3.8, 4) is 0 Å². The molecule has 0 fully saturated rings. The molecule has 0 aliphatic rings. The number of amides is 1. The van der Waals surface area contributed by atoms with Crippen LogP contribution in [-0.2, 0) is 9.53 Å². The number of Topliss-reactive ketones (excluding diaryl/α,β-unsaturated/α-hetero) is 1. The van der Waals surface area contributed by atoms with Crippen molar-refractivity contribution in [3.05, 3.63) is 66.0 Å². The molecule has 1 aromatic heterocycles. The van der Waals surface area contributed by atoms with Crippen LogP contribution in [-0.4, -0.2) is 33.7 Å². The highest BCUT2D eigenvalue weighted by atomic mass is 16.5. The van der Waals surface area contributed by atoms with Crippen LogP contribution < -0.4 is 5.32 Å². The summed E-state index contributed by atoms with van der Waals surface area (Å²) in [5, 5.41) is 2.63. The number of carbonyl (C=O) groups is 3. The van der Waals surface area contributed by atoms with Crippen LogP contribution in [0.1, 0.15) is 34.6 Å². The lowest BCUT2D eigenvalue weighted by Crippen LogP contribution is -2.30. The van der Waals surface area contributed by atoms with Gasteiger partial charge in [-0.05, 0) is 44.2 Å². The Balaban J connectivity index is 1.67. The summed E-state index contributed by atoms with van der Waals surface area (Å²) in [5.41, 5.74) is 2.43. The number of nitrogens with one attached hydrogen (secondary N) is 1. The van der Waals surface area contributed by atoms with E-state index in [1.54, 1.807) is 48.7 Å². The van der Waals surface area contributed by atoms with E-state index in [1.165, 1.54) is 20.0 Å². The highest BCUT2D eigenvalue weighted by molar-refractivity contribution is 6.00. The molecule has 0 radical (unpaired) electrons. The van der Waals surface area contributed by atoms with Crippen molar-refractivity contribution >= 4 is 34.4 Å². The van der Waals surface area contributed by atoms with Crippen LogP contribution in [0.25, 0.3) is 11.0 Å². The van der Waals surface area contributed by atoms with Gasteiger partial charge >= 0.3 is 5.97 Å². The minimum absolute atomic E-state index is 0.107. The number of fused-ring (bicyclic) bond motifs is 1. The smallest absolute Gasteiger partial charge is 0.338 e. The van der Waals surface area contributed by atoms with Gasteiger partial charge in [0, 0.05) is 23.6 Å². The van der Waals surface area contributed by atoms with Crippen molar-refractivity contribution < 1.29 is 19.1 Å². The van der Waals surface area contributed by atoms with E-state index < -0.39 is 18.0 Å². The lowest BCUT2D eigenvalue weighted by atomic mass is 10.1. The summed E-state index contributed by atoms with van der Waals surface area (Å²) in [6, 6.07) is 11.3. The van der Waals surface area contributed by atoms with E-state index in [-0.39, 0.29) is 11.3 Å². The van der Waals surface area contributed by atoms with E-state index in [0.29, 0.717) is 22.3 Å². The summed E-state index contributed by atoms with van der Waals surface area (Å²) in [4.78, 5) is 44.3. The lowest BCUT2D eigenvalue weighted by Gasteiger charge is -2.14. The van der Waals surface area contributed by atoms with Gasteiger partial charge in [-0.1, -0.05) is 12.1 Å². The minimum atomic E-state index is -1.02. The zero-order chi connectivity index (χ0) is 19.4. The van der Waals surface area contributed by atoms with Gasteiger partial charge in [0.05, 0.1) is 16.6 Å². The largest absolute Gasteiger partial charge is 0.449 e. The van der Waals surface area contributed by atoms with Gasteiger partial charge in [0.15, 0.2) is 11.9 Å². The molecule has 136 valence electrons. The zero-order valence-corrected chi connectivity index (χ0v) is 14.8. The summed E-state index contributed by atoms with van der Waals surface area (Å²) in [6.07, 6.45) is 2.08. The fraction of sp³-hybridized carbons (Fsp3) is 0.150. The fourth-order valence-corrected chi connectivity index (χ4v) is 2.43. The van der Waals surface area contributed by atoms with E-state index in [2.05, 4.69) is 15.3 Å². The summed E-state index contributed by atoms with van der Waals surface area (Å²) in [7, 11) is 0. The molecule has 3 aromatic rings. The molecule has 0 saturated heterocycles. The predicted octanol–water partition coefficient (Wildman–Crippen LogP) is 3.02. The number of rotatable bonds is 5. The predicted molar refractivity (Wildman–Crippen MR) is 99.5 cm³/mol. The Kier molecular flexibility index (Phi) is 5.21. The average molecular weight is 363 g/mol. The van der Waals surface area contributed by atoms with Gasteiger partial charge in [-0.3, -0.25) is 19.6 Å². The van der Waals surface area contributed by atoms with Crippen LogP contribution >= 0.6 is 0 Å². The number of aromatic nitrogens is 2. The van der Waals surface area contributed by atoms with E-state index >= 15 is 0 Å². The topological polar surface area (TPSA) is 98.2 Å². The molecule has 1 N–H and O–H groups in total. The molecule has 3 rings (SSSR count). The molecule has 7 heteroatoms. The molecule has 0 aliphatic heterocycles. The Morgan fingerprint density at radius 1 is 0.963 bits per heavy atom. The van der Waals surface area contributed by atoms with E-state index in [4.69, 9.17) is 4.74 Å². The molecule has 7 nitrogen and oxygen atoms in total. The van der Waals surface area contributed by atoms with Crippen molar-refractivity contribution in [2.24, 2.45) is 0 Å². The molecule has 0 aliphatic carbocycles. The molecule has 0 unspecified atom stereocenters. The Bertz CT molecular complexity index is 1030. The Hall–Kier alpha value is -3.61. The maximum atomic E-state index is 12.3. The molecule has 0 saturated carbocycles. The molecule has 0 spiro atoms. The minimum Gasteiger partial charge on any atom is -0.449 e. The van der Waals surface area contributed by atoms with Crippen molar-refractivity contribution in [3.63, 3.8) is 0 Å². The number of benzene rings is 2. The van der Waals surface area contributed by atoms with E-state index in [0.717, 1.165) is 0 Å². The number of ketones is 1. The van der Waals surface area contributed by atoms with Gasteiger partial charge in [-0.15, -0.1) is 0 Å². The fourth-order valence-electron chi connectivity index (χ4n) is 2.43. The Morgan fingerprint density at radius 3 is 2.44 bits per heavy atom. The second-order valence-corrected chi connectivity index (χ2v) is 5.93. The first-order valence-corrected chi connectivity index (χ1v) is 8.27. The molecule has 27 heavy (non-hydrogen) atoms. The molecule has 1 atom stereocenters. The SMILES string of the molecule is CC(=O)c1cccc(NC(=O)[C@@H](C)OC(=O)c2ccc3nccnc3c2)c1. The quantitative estimate of drug-likeness (QED) is 0.553. The van der Waals surface area contributed by atoms with Gasteiger partial charge in [0.1, 0.15) is 0 Å². The second kappa shape index (κ2) is 7.74. The van der Waals surface area contributed by atoms with Gasteiger partial charge < -0.3 is 10.1 Å². The Morgan fingerprint density at radius 2 is 1.70 bits per heavy atom. The molecule has 2 aromatic carbocycles. The van der Waals surface area contributed by atoms with Crippen molar-refractivity contribution in [1.82, 2.24) is 9.97 Å². The van der Waals surface area contributed by atoms with Gasteiger partial charge in [0.25, 0.3) is 5.91 Å². The van der Waals surface area contributed by atoms with Crippen LogP contribution in [0.5, 0.6) is 0 Å². The van der Waals surface area contributed by atoms with Crippen LogP contribution in [0, 0.1) is 0 Å². The first-order valence-electron chi connectivity index (χ1n) is 8.27. The van der Waals surface area contributed by atoms with E-state index in [9.17, 15) is 14.4 Å².